The number of carbonyl (C=O) groups is 2. The molecule has 1 N–H and O–H groups in total. The second-order valence-corrected chi connectivity index (χ2v) is 7.96. The Morgan fingerprint density at radius 2 is 1.80 bits per heavy atom. The van der Waals surface area contributed by atoms with Crippen LogP contribution in [0.1, 0.15) is 40.0 Å². The molecule has 0 heterocycles. The number of hydrogen-bond donors (Lipinski definition) is 1. The van der Waals surface area contributed by atoms with Crippen LogP contribution in [0.2, 0.25) is 0 Å². The SMILES string of the molecule is CN(C)C(=O)c1cccc(-c2cccc3cc(C(=O)NC4C=CCCC4)ccc23)c1. The molecule has 0 fully saturated rings. The predicted molar refractivity (Wildman–Crippen MR) is 122 cm³/mol. The highest BCUT2D eigenvalue weighted by atomic mass is 16.2. The van der Waals surface area contributed by atoms with Crippen LogP contribution in [0.25, 0.3) is 21.9 Å². The zero-order valence-corrected chi connectivity index (χ0v) is 17.4. The number of nitrogens with one attached hydrogen (secondary N) is 1. The van der Waals surface area contributed by atoms with Gasteiger partial charge in [-0.1, -0.05) is 48.6 Å². The third kappa shape index (κ3) is 4.13. The topological polar surface area (TPSA) is 49.4 Å². The molecule has 0 radical (unpaired) electrons. The molecule has 0 spiro atoms. The van der Waals surface area contributed by atoms with E-state index in [0.717, 1.165) is 41.2 Å². The Labute approximate surface area is 177 Å². The number of carbonyl (C=O) groups excluding carboxylic acids is 2. The van der Waals surface area contributed by atoms with Crippen LogP contribution in [-0.4, -0.2) is 36.9 Å². The minimum absolute atomic E-state index is 0.0205. The van der Waals surface area contributed by atoms with E-state index in [1.165, 1.54) is 0 Å². The molecular weight excluding hydrogens is 372 g/mol. The summed E-state index contributed by atoms with van der Waals surface area (Å²) >= 11 is 0. The number of hydrogen-bond acceptors (Lipinski definition) is 2. The average molecular weight is 399 g/mol. The first kappa shape index (κ1) is 19.9. The third-order valence-corrected chi connectivity index (χ3v) is 5.54. The number of nitrogens with zero attached hydrogens (tertiary/aromatic N) is 1. The number of amides is 2. The fraction of sp³-hybridized carbons (Fsp3) is 0.231. The van der Waals surface area contributed by atoms with Gasteiger partial charge in [-0.25, -0.2) is 0 Å². The molecule has 3 aromatic rings. The fourth-order valence-electron chi connectivity index (χ4n) is 3.94. The standard InChI is InChI=1S/C26H26N2O2/c1-28(2)26(30)21-10-6-8-19(17-21)23-13-7-9-18-16-20(14-15-24(18)23)25(29)27-22-11-4-3-5-12-22/h4,6-11,13-17,22H,3,5,12H2,1-2H3,(H,27,29). The minimum atomic E-state index is -0.0440. The van der Waals surface area contributed by atoms with Crippen molar-refractivity contribution >= 4 is 22.6 Å². The Morgan fingerprint density at radius 1 is 0.967 bits per heavy atom. The molecule has 0 bridgehead atoms. The molecule has 2 amide bonds. The van der Waals surface area contributed by atoms with Gasteiger partial charge in [0.25, 0.3) is 11.8 Å². The van der Waals surface area contributed by atoms with Crippen LogP contribution in [0, 0.1) is 0 Å². The maximum atomic E-state index is 12.7. The van der Waals surface area contributed by atoms with Crippen LogP contribution in [0.15, 0.2) is 72.8 Å². The van der Waals surface area contributed by atoms with Gasteiger partial charge in [-0.15, -0.1) is 0 Å². The largest absolute Gasteiger partial charge is 0.346 e. The number of rotatable bonds is 4. The van der Waals surface area contributed by atoms with E-state index in [1.807, 2.05) is 60.7 Å². The van der Waals surface area contributed by atoms with Crippen molar-refractivity contribution in [1.29, 1.82) is 0 Å². The van der Waals surface area contributed by atoms with E-state index in [4.69, 9.17) is 0 Å². The van der Waals surface area contributed by atoms with Crippen molar-refractivity contribution in [3.05, 3.63) is 83.9 Å². The normalized spacial score (nSPS) is 15.7. The van der Waals surface area contributed by atoms with Crippen LogP contribution >= 0.6 is 0 Å². The second kappa shape index (κ2) is 8.54. The molecule has 152 valence electrons. The highest BCUT2D eigenvalue weighted by Crippen LogP contribution is 2.30. The maximum absolute atomic E-state index is 12.7. The van der Waals surface area contributed by atoms with Gasteiger partial charge in [0.05, 0.1) is 0 Å². The van der Waals surface area contributed by atoms with Crippen LogP contribution in [0.4, 0.5) is 0 Å². The van der Waals surface area contributed by atoms with Gasteiger partial charge in [0.2, 0.25) is 0 Å². The molecule has 4 rings (SSSR count). The molecule has 1 atom stereocenters. The van der Waals surface area contributed by atoms with Crippen LogP contribution in [0.5, 0.6) is 0 Å². The van der Waals surface area contributed by atoms with E-state index in [2.05, 4.69) is 17.5 Å². The van der Waals surface area contributed by atoms with Gasteiger partial charge in [-0.05, 0) is 65.4 Å². The molecule has 30 heavy (non-hydrogen) atoms. The molecule has 0 saturated carbocycles. The quantitative estimate of drug-likeness (QED) is 0.626. The molecule has 1 aliphatic carbocycles. The Bertz CT molecular complexity index is 1130. The van der Waals surface area contributed by atoms with Gasteiger partial charge in [-0.3, -0.25) is 9.59 Å². The number of allylic oxidation sites excluding steroid dienone is 1. The molecular formula is C26H26N2O2. The van der Waals surface area contributed by atoms with Crippen molar-refractivity contribution in [3.63, 3.8) is 0 Å². The van der Waals surface area contributed by atoms with Crippen molar-refractivity contribution in [2.24, 2.45) is 0 Å². The summed E-state index contributed by atoms with van der Waals surface area (Å²) in [5, 5.41) is 5.17. The van der Waals surface area contributed by atoms with Crippen LogP contribution in [-0.2, 0) is 0 Å². The summed E-state index contributed by atoms with van der Waals surface area (Å²) in [6.45, 7) is 0. The third-order valence-electron chi connectivity index (χ3n) is 5.54. The molecule has 3 aromatic carbocycles. The Hall–Kier alpha value is -3.40. The predicted octanol–water partition coefficient (Wildman–Crippen LogP) is 5.05. The van der Waals surface area contributed by atoms with E-state index in [0.29, 0.717) is 11.1 Å². The summed E-state index contributed by atoms with van der Waals surface area (Å²) in [7, 11) is 3.51. The average Bonchev–Trinajstić information content (AvgIpc) is 2.78. The summed E-state index contributed by atoms with van der Waals surface area (Å²) < 4.78 is 0. The summed E-state index contributed by atoms with van der Waals surface area (Å²) in [6.07, 6.45) is 7.41. The Morgan fingerprint density at radius 3 is 2.57 bits per heavy atom. The molecule has 1 unspecified atom stereocenters. The summed E-state index contributed by atoms with van der Waals surface area (Å²) in [6, 6.07) is 19.7. The molecule has 4 nitrogen and oxygen atoms in total. The van der Waals surface area contributed by atoms with E-state index >= 15 is 0 Å². The van der Waals surface area contributed by atoms with Crippen LogP contribution < -0.4 is 5.32 Å². The van der Waals surface area contributed by atoms with Gasteiger partial charge < -0.3 is 10.2 Å². The zero-order valence-electron chi connectivity index (χ0n) is 17.4. The molecule has 0 saturated heterocycles. The Balaban J connectivity index is 1.66. The summed E-state index contributed by atoms with van der Waals surface area (Å²) in [4.78, 5) is 26.6. The highest BCUT2D eigenvalue weighted by Gasteiger charge is 2.15. The van der Waals surface area contributed by atoms with E-state index in [9.17, 15) is 9.59 Å². The van der Waals surface area contributed by atoms with Crippen molar-refractivity contribution in [1.82, 2.24) is 10.2 Å². The first-order valence-corrected chi connectivity index (χ1v) is 10.4. The first-order chi connectivity index (χ1) is 14.5. The Kier molecular flexibility index (Phi) is 5.66. The van der Waals surface area contributed by atoms with Gasteiger partial charge in [0, 0.05) is 31.3 Å². The van der Waals surface area contributed by atoms with Crippen molar-refractivity contribution in [2.45, 2.75) is 25.3 Å². The van der Waals surface area contributed by atoms with Crippen molar-refractivity contribution in [2.75, 3.05) is 14.1 Å². The van der Waals surface area contributed by atoms with E-state index < -0.39 is 0 Å². The zero-order chi connectivity index (χ0) is 21.1. The lowest BCUT2D eigenvalue weighted by atomic mass is 9.95. The number of benzene rings is 3. The lowest BCUT2D eigenvalue weighted by molar-refractivity contribution is 0.0827. The summed E-state index contributed by atoms with van der Waals surface area (Å²) in [5.74, 6) is -0.0646. The van der Waals surface area contributed by atoms with E-state index in [-0.39, 0.29) is 17.9 Å². The van der Waals surface area contributed by atoms with Gasteiger partial charge in [0.15, 0.2) is 0 Å². The molecule has 1 aliphatic rings. The molecule has 0 aliphatic heterocycles. The maximum Gasteiger partial charge on any atom is 0.253 e. The highest BCUT2D eigenvalue weighted by molar-refractivity contribution is 6.03. The second-order valence-electron chi connectivity index (χ2n) is 7.96. The fourth-order valence-corrected chi connectivity index (χ4v) is 3.94. The monoisotopic (exact) mass is 398 g/mol. The van der Waals surface area contributed by atoms with Gasteiger partial charge >= 0.3 is 0 Å². The lowest BCUT2D eigenvalue weighted by Crippen LogP contribution is -2.34. The van der Waals surface area contributed by atoms with Gasteiger partial charge in [-0.2, -0.15) is 0 Å². The van der Waals surface area contributed by atoms with E-state index in [1.54, 1.807) is 19.0 Å². The van der Waals surface area contributed by atoms with Crippen molar-refractivity contribution < 1.29 is 9.59 Å². The molecule has 4 heteroatoms. The smallest absolute Gasteiger partial charge is 0.253 e. The summed E-state index contributed by atoms with van der Waals surface area (Å²) in [5.41, 5.74) is 3.35. The lowest BCUT2D eigenvalue weighted by Gasteiger charge is -2.18. The van der Waals surface area contributed by atoms with Crippen molar-refractivity contribution in [3.8, 4) is 11.1 Å². The minimum Gasteiger partial charge on any atom is -0.346 e. The van der Waals surface area contributed by atoms with Gasteiger partial charge in [0.1, 0.15) is 0 Å². The number of fused-ring (bicyclic) bond motifs is 1. The van der Waals surface area contributed by atoms with Crippen LogP contribution in [0.3, 0.4) is 0 Å². The molecule has 0 aromatic heterocycles. The first-order valence-electron chi connectivity index (χ1n) is 10.4.